The number of carboxylic acids is 1. The molecular weight excluding hydrogens is 211 g/mol. The molecule has 3 nitrogen and oxygen atoms in total. The van der Waals surface area contributed by atoms with Gasteiger partial charge in [-0.2, -0.15) is 0 Å². The van der Waals surface area contributed by atoms with Crippen LogP contribution in [0.1, 0.15) is 24.8 Å². The summed E-state index contributed by atoms with van der Waals surface area (Å²) < 4.78 is 12.6. The van der Waals surface area contributed by atoms with Gasteiger partial charge < -0.3 is 10.2 Å². The third kappa shape index (κ3) is 4.89. The van der Waals surface area contributed by atoms with Gasteiger partial charge in [0.15, 0.2) is 0 Å². The second-order valence-corrected chi connectivity index (χ2v) is 3.77. The highest BCUT2D eigenvalue weighted by Gasteiger charge is 2.08. The van der Waals surface area contributed by atoms with E-state index < -0.39 is 12.1 Å². The van der Waals surface area contributed by atoms with Crippen LogP contribution in [0.3, 0.4) is 0 Å². The van der Waals surface area contributed by atoms with Gasteiger partial charge in [0, 0.05) is 0 Å². The van der Waals surface area contributed by atoms with E-state index in [2.05, 4.69) is 0 Å². The highest BCUT2D eigenvalue weighted by molar-refractivity contribution is 5.67. The van der Waals surface area contributed by atoms with Gasteiger partial charge in [-0.3, -0.25) is 4.79 Å². The Morgan fingerprint density at radius 1 is 1.31 bits per heavy atom. The summed E-state index contributed by atoms with van der Waals surface area (Å²) in [4.78, 5) is 10.3. The van der Waals surface area contributed by atoms with Crippen LogP contribution in [-0.4, -0.2) is 22.3 Å². The Morgan fingerprint density at radius 3 is 2.50 bits per heavy atom. The van der Waals surface area contributed by atoms with Crippen molar-refractivity contribution in [3.8, 4) is 0 Å². The number of aryl methyl sites for hydroxylation is 1. The first kappa shape index (κ1) is 12.6. The number of aliphatic carboxylic acids is 1. The Labute approximate surface area is 93.5 Å². The molecule has 0 aliphatic carbocycles. The highest BCUT2D eigenvalue weighted by atomic mass is 19.1. The minimum atomic E-state index is -0.991. The number of rotatable bonds is 6. The maximum atomic E-state index is 12.6. The van der Waals surface area contributed by atoms with E-state index in [1.807, 2.05) is 0 Å². The lowest BCUT2D eigenvalue weighted by molar-refractivity contribution is -0.139. The third-order valence-corrected chi connectivity index (χ3v) is 2.33. The molecule has 88 valence electrons. The van der Waals surface area contributed by atoms with Crippen LogP contribution >= 0.6 is 0 Å². The summed E-state index contributed by atoms with van der Waals surface area (Å²) in [5.41, 5.74) is 0.990. The summed E-state index contributed by atoms with van der Waals surface area (Å²) in [7, 11) is 0. The SMILES string of the molecule is O=C(O)CC(O)CCCc1ccc(F)cc1. The monoisotopic (exact) mass is 226 g/mol. The quantitative estimate of drug-likeness (QED) is 0.779. The van der Waals surface area contributed by atoms with Gasteiger partial charge >= 0.3 is 5.97 Å². The Bertz CT molecular complexity index is 335. The highest BCUT2D eigenvalue weighted by Crippen LogP contribution is 2.09. The summed E-state index contributed by atoms with van der Waals surface area (Å²) in [6.45, 7) is 0. The minimum Gasteiger partial charge on any atom is -0.481 e. The van der Waals surface area contributed by atoms with Crippen LogP contribution in [0.15, 0.2) is 24.3 Å². The lowest BCUT2D eigenvalue weighted by Crippen LogP contribution is -2.12. The Kier molecular flexibility index (Phi) is 4.92. The van der Waals surface area contributed by atoms with Gasteiger partial charge in [-0.1, -0.05) is 12.1 Å². The van der Waals surface area contributed by atoms with Crippen molar-refractivity contribution in [3.05, 3.63) is 35.6 Å². The van der Waals surface area contributed by atoms with Gasteiger partial charge in [-0.25, -0.2) is 4.39 Å². The third-order valence-electron chi connectivity index (χ3n) is 2.33. The predicted octanol–water partition coefficient (Wildman–Crippen LogP) is 1.98. The molecule has 0 bridgehead atoms. The van der Waals surface area contributed by atoms with E-state index >= 15 is 0 Å². The van der Waals surface area contributed by atoms with Crippen LogP contribution in [-0.2, 0) is 11.2 Å². The van der Waals surface area contributed by atoms with Crippen molar-refractivity contribution in [1.29, 1.82) is 0 Å². The number of aliphatic hydroxyl groups is 1. The molecule has 0 spiro atoms. The van der Waals surface area contributed by atoms with E-state index in [-0.39, 0.29) is 12.2 Å². The topological polar surface area (TPSA) is 57.5 Å². The smallest absolute Gasteiger partial charge is 0.305 e. The van der Waals surface area contributed by atoms with Gasteiger partial charge in [0.1, 0.15) is 5.82 Å². The van der Waals surface area contributed by atoms with Crippen molar-refractivity contribution in [2.45, 2.75) is 31.8 Å². The number of hydrogen-bond donors (Lipinski definition) is 2. The molecule has 0 saturated carbocycles. The summed E-state index contributed by atoms with van der Waals surface area (Å²) in [5, 5.41) is 17.7. The lowest BCUT2D eigenvalue weighted by Gasteiger charge is -2.07. The average molecular weight is 226 g/mol. The van der Waals surface area contributed by atoms with E-state index in [1.54, 1.807) is 12.1 Å². The molecule has 1 aromatic rings. The van der Waals surface area contributed by atoms with Gasteiger partial charge in [-0.05, 0) is 37.0 Å². The van der Waals surface area contributed by atoms with E-state index in [4.69, 9.17) is 5.11 Å². The zero-order valence-electron chi connectivity index (χ0n) is 8.90. The number of hydrogen-bond acceptors (Lipinski definition) is 2. The first-order chi connectivity index (χ1) is 7.58. The summed E-state index contributed by atoms with van der Waals surface area (Å²) >= 11 is 0. The zero-order chi connectivity index (χ0) is 12.0. The molecule has 0 heterocycles. The van der Waals surface area contributed by atoms with Gasteiger partial charge in [-0.15, -0.1) is 0 Å². The Hall–Kier alpha value is -1.42. The standard InChI is InChI=1S/C12H15FO3/c13-10-6-4-9(5-7-10)2-1-3-11(14)8-12(15)16/h4-7,11,14H,1-3,8H2,(H,15,16). The molecule has 0 saturated heterocycles. The average Bonchev–Trinajstić information content (AvgIpc) is 2.20. The second-order valence-electron chi connectivity index (χ2n) is 3.77. The van der Waals surface area contributed by atoms with Crippen molar-refractivity contribution in [2.75, 3.05) is 0 Å². The molecule has 1 aromatic carbocycles. The first-order valence-electron chi connectivity index (χ1n) is 5.22. The molecule has 1 unspecified atom stereocenters. The molecule has 1 rings (SSSR count). The van der Waals surface area contributed by atoms with Crippen molar-refractivity contribution < 1.29 is 19.4 Å². The van der Waals surface area contributed by atoms with E-state index in [0.717, 1.165) is 12.0 Å². The maximum absolute atomic E-state index is 12.6. The molecule has 16 heavy (non-hydrogen) atoms. The molecule has 0 aliphatic rings. The van der Waals surface area contributed by atoms with Crippen LogP contribution in [0.25, 0.3) is 0 Å². The van der Waals surface area contributed by atoms with Gasteiger partial charge in [0.25, 0.3) is 0 Å². The summed E-state index contributed by atoms with van der Waals surface area (Å²) in [5.74, 6) is -1.26. The molecule has 1 atom stereocenters. The molecule has 0 radical (unpaired) electrons. The molecule has 2 N–H and O–H groups in total. The van der Waals surface area contributed by atoms with Crippen LogP contribution in [0.5, 0.6) is 0 Å². The summed E-state index contributed by atoms with van der Waals surface area (Å²) in [6.07, 6.45) is 0.849. The number of carboxylic acid groups (broad SMARTS) is 1. The van der Waals surface area contributed by atoms with Crippen LogP contribution < -0.4 is 0 Å². The van der Waals surface area contributed by atoms with Crippen molar-refractivity contribution >= 4 is 5.97 Å². The number of benzene rings is 1. The molecule has 0 aliphatic heterocycles. The van der Waals surface area contributed by atoms with Crippen LogP contribution in [0.4, 0.5) is 4.39 Å². The van der Waals surface area contributed by atoms with E-state index in [0.29, 0.717) is 12.8 Å². The molecular formula is C12H15FO3. The predicted molar refractivity (Wildman–Crippen MR) is 57.6 cm³/mol. The number of carbonyl (C=O) groups is 1. The second kappa shape index (κ2) is 6.23. The normalized spacial score (nSPS) is 12.4. The van der Waals surface area contributed by atoms with Crippen molar-refractivity contribution in [2.24, 2.45) is 0 Å². The van der Waals surface area contributed by atoms with Crippen molar-refractivity contribution in [3.63, 3.8) is 0 Å². The Balaban J connectivity index is 2.25. The fraction of sp³-hybridized carbons (Fsp3) is 0.417. The number of aliphatic hydroxyl groups excluding tert-OH is 1. The van der Waals surface area contributed by atoms with Crippen LogP contribution in [0, 0.1) is 5.82 Å². The van der Waals surface area contributed by atoms with E-state index in [1.165, 1.54) is 12.1 Å². The largest absolute Gasteiger partial charge is 0.481 e. The van der Waals surface area contributed by atoms with E-state index in [9.17, 15) is 14.3 Å². The fourth-order valence-corrected chi connectivity index (χ4v) is 1.50. The maximum Gasteiger partial charge on any atom is 0.305 e. The molecule has 4 heteroatoms. The van der Waals surface area contributed by atoms with Gasteiger partial charge in [0.2, 0.25) is 0 Å². The summed E-state index contributed by atoms with van der Waals surface area (Å²) in [6, 6.07) is 6.17. The molecule has 0 fully saturated rings. The lowest BCUT2D eigenvalue weighted by atomic mass is 10.0. The first-order valence-corrected chi connectivity index (χ1v) is 5.22. The van der Waals surface area contributed by atoms with Crippen LogP contribution in [0.2, 0.25) is 0 Å². The zero-order valence-corrected chi connectivity index (χ0v) is 8.90. The molecule has 0 aromatic heterocycles. The molecule has 0 amide bonds. The Morgan fingerprint density at radius 2 is 1.94 bits per heavy atom. The number of halogens is 1. The fourth-order valence-electron chi connectivity index (χ4n) is 1.50. The van der Waals surface area contributed by atoms with Crippen molar-refractivity contribution in [1.82, 2.24) is 0 Å². The minimum absolute atomic E-state index is 0.219. The van der Waals surface area contributed by atoms with Gasteiger partial charge in [0.05, 0.1) is 12.5 Å².